The van der Waals surface area contributed by atoms with Crippen molar-refractivity contribution in [2.75, 3.05) is 13.2 Å². The Kier molecular flexibility index (Phi) is 26.4. The number of aliphatic hydroxyl groups is 1. The van der Waals surface area contributed by atoms with Crippen LogP contribution < -0.4 is 0 Å². The van der Waals surface area contributed by atoms with E-state index in [0.29, 0.717) is 12.8 Å². The molecule has 0 aromatic rings. The Hall–Kier alpha value is -2.92. The number of esters is 2. The summed E-state index contributed by atoms with van der Waals surface area (Å²) in [5.41, 5.74) is 0. The van der Waals surface area contributed by atoms with Crippen LogP contribution >= 0.6 is 0 Å². The number of rotatable bonds is 23. The van der Waals surface area contributed by atoms with E-state index in [4.69, 9.17) is 9.47 Å². The lowest BCUT2D eigenvalue weighted by atomic mass is 10.1. The van der Waals surface area contributed by atoms with Gasteiger partial charge < -0.3 is 14.6 Å². The van der Waals surface area contributed by atoms with E-state index in [-0.39, 0.29) is 31.6 Å². The van der Waals surface area contributed by atoms with Crippen molar-refractivity contribution < 1.29 is 24.2 Å². The zero-order valence-electron chi connectivity index (χ0n) is 23.6. The first kappa shape index (κ1) is 35.1. The molecule has 212 valence electrons. The molecule has 0 heterocycles. The molecule has 0 amide bonds. The highest BCUT2D eigenvalue weighted by Gasteiger charge is 2.15. The molecule has 1 atom stereocenters. The van der Waals surface area contributed by atoms with Gasteiger partial charge >= 0.3 is 11.9 Å². The van der Waals surface area contributed by atoms with Crippen LogP contribution in [0.2, 0.25) is 0 Å². The molecule has 1 unspecified atom stereocenters. The molecule has 0 radical (unpaired) electrons. The second-order valence-electron chi connectivity index (χ2n) is 8.80. The molecule has 0 bridgehead atoms. The van der Waals surface area contributed by atoms with E-state index in [1.165, 1.54) is 0 Å². The average molecular weight is 527 g/mol. The van der Waals surface area contributed by atoms with Crippen molar-refractivity contribution in [1.82, 2.24) is 0 Å². The quantitative estimate of drug-likeness (QED) is 0.0631. The van der Waals surface area contributed by atoms with Crippen molar-refractivity contribution in [1.29, 1.82) is 0 Å². The Bertz CT molecular complexity index is 783. The van der Waals surface area contributed by atoms with Crippen LogP contribution in [-0.2, 0) is 19.1 Å². The van der Waals surface area contributed by atoms with Crippen LogP contribution in [0.15, 0.2) is 85.1 Å². The Labute approximate surface area is 231 Å². The van der Waals surface area contributed by atoms with Gasteiger partial charge in [-0.2, -0.15) is 0 Å². The first-order valence-electron chi connectivity index (χ1n) is 14.2. The summed E-state index contributed by atoms with van der Waals surface area (Å²) < 4.78 is 10.4. The van der Waals surface area contributed by atoms with Crippen molar-refractivity contribution in [2.24, 2.45) is 0 Å². The number of carbonyl (C=O) groups excluding carboxylic acids is 2. The van der Waals surface area contributed by atoms with Gasteiger partial charge in [0.1, 0.15) is 6.61 Å². The smallest absolute Gasteiger partial charge is 0.306 e. The normalized spacial score (nSPS) is 13.4. The van der Waals surface area contributed by atoms with Crippen molar-refractivity contribution >= 4 is 11.9 Å². The van der Waals surface area contributed by atoms with Gasteiger partial charge in [-0.25, -0.2) is 0 Å². The Morgan fingerprint density at radius 3 is 1.89 bits per heavy atom. The maximum absolute atomic E-state index is 12.0. The van der Waals surface area contributed by atoms with E-state index in [9.17, 15) is 14.7 Å². The third-order valence-electron chi connectivity index (χ3n) is 5.28. The lowest BCUT2D eigenvalue weighted by Crippen LogP contribution is -2.28. The molecule has 0 saturated carbocycles. The molecular weight excluding hydrogens is 476 g/mol. The fourth-order valence-corrected chi connectivity index (χ4v) is 3.17. The van der Waals surface area contributed by atoms with Crippen molar-refractivity contribution in [3.63, 3.8) is 0 Å². The fraction of sp³-hybridized carbons (Fsp3) is 0.515. The molecular formula is C33H50O5. The molecule has 0 aliphatic rings. The molecule has 0 aromatic carbocycles. The number of hydrogen-bond donors (Lipinski definition) is 1. The van der Waals surface area contributed by atoms with Gasteiger partial charge in [0.05, 0.1) is 6.61 Å². The minimum atomic E-state index is -0.815. The second-order valence-corrected chi connectivity index (χ2v) is 8.80. The highest BCUT2D eigenvalue weighted by atomic mass is 16.6. The SMILES string of the molecule is CC/C=C/C=C/C=C/C=C/CCCCCC(=O)OCC(CO)OC(=O)CCC/C=C/C/C=C/C/C=C/CC. The zero-order chi connectivity index (χ0) is 27.9. The maximum Gasteiger partial charge on any atom is 0.306 e. The van der Waals surface area contributed by atoms with Crippen LogP contribution in [0.1, 0.15) is 90.9 Å². The van der Waals surface area contributed by atoms with E-state index >= 15 is 0 Å². The van der Waals surface area contributed by atoms with E-state index in [1.54, 1.807) is 0 Å². The third kappa shape index (κ3) is 26.2. The van der Waals surface area contributed by atoms with Gasteiger partial charge in [-0.15, -0.1) is 0 Å². The lowest BCUT2D eigenvalue weighted by Gasteiger charge is -2.15. The Morgan fingerprint density at radius 1 is 0.632 bits per heavy atom. The highest BCUT2D eigenvalue weighted by molar-refractivity contribution is 5.70. The third-order valence-corrected chi connectivity index (χ3v) is 5.28. The first-order chi connectivity index (χ1) is 18.6. The van der Waals surface area contributed by atoms with E-state index < -0.39 is 6.10 Å². The standard InChI is InChI=1S/C33H50O5/c1-3-5-7-9-11-13-15-16-18-19-21-23-25-27-32(35)37-30-31(29-34)38-33(36)28-26-24-22-20-17-14-12-10-8-6-4-2/h5-9,11-16,18,20,22,31,34H,3-4,10,17,19,21,23-30H2,1-2H3/b7-5+,8-6+,11-9+,14-12+,15-13+,18-16+,22-20+. The van der Waals surface area contributed by atoms with E-state index in [2.05, 4.69) is 62.5 Å². The van der Waals surface area contributed by atoms with Gasteiger partial charge in [0.15, 0.2) is 6.10 Å². The molecule has 5 nitrogen and oxygen atoms in total. The van der Waals surface area contributed by atoms with Crippen LogP contribution in [-0.4, -0.2) is 36.4 Å². The van der Waals surface area contributed by atoms with Crippen LogP contribution in [0.3, 0.4) is 0 Å². The van der Waals surface area contributed by atoms with Crippen molar-refractivity contribution in [3.05, 3.63) is 85.1 Å². The van der Waals surface area contributed by atoms with Crippen LogP contribution in [0.4, 0.5) is 0 Å². The Morgan fingerprint density at radius 2 is 1.21 bits per heavy atom. The molecule has 1 N–H and O–H groups in total. The summed E-state index contributed by atoms with van der Waals surface area (Å²) in [5.74, 6) is -0.717. The number of aliphatic hydroxyl groups excluding tert-OH is 1. The summed E-state index contributed by atoms with van der Waals surface area (Å²) in [4.78, 5) is 23.9. The molecule has 0 spiro atoms. The van der Waals surface area contributed by atoms with E-state index in [1.807, 2.05) is 36.5 Å². The van der Waals surface area contributed by atoms with Gasteiger partial charge in [-0.3, -0.25) is 9.59 Å². The highest BCUT2D eigenvalue weighted by Crippen LogP contribution is 2.07. The first-order valence-corrected chi connectivity index (χ1v) is 14.2. The van der Waals surface area contributed by atoms with Gasteiger partial charge in [0.2, 0.25) is 0 Å². The number of unbranched alkanes of at least 4 members (excludes halogenated alkanes) is 4. The number of carbonyl (C=O) groups is 2. The predicted octanol–water partition coefficient (Wildman–Crippen LogP) is 8.05. The monoisotopic (exact) mass is 526 g/mol. The topological polar surface area (TPSA) is 72.8 Å². The lowest BCUT2D eigenvalue weighted by molar-refractivity contribution is -0.161. The van der Waals surface area contributed by atoms with Gasteiger partial charge in [-0.1, -0.05) is 105 Å². The molecule has 5 heteroatoms. The van der Waals surface area contributed by atoms with Crippen molar-refractivity contribution in [3.8, 4) is 0 Å². The minimum Gasteiger partial charge on any atom is -0.462 e. The Balaban J connectivity index is 3.83. The van der Waals surface area contributed by atoms with Gasteiger partial charge in [-0.05, 0) is 57.8 Å². The largest absolute Gasteiger partial charge is 0.462 e. The van der Waals surface area contributed by atoms with Crippen LogP contribution in [0.25, 0.3) is 0 Å². The van der Waals surface area contributed by atoms with Crippen molar-refractivity contribution in [2.45, 2.75) is 97.0 Å². The maximum atomic E-state index is 12.0. The summed E-state index contributed by atoms with van der Waals surface area (Å²) in [6, 6.07) is 0. The summed E-state index contributed by atoms with van der Waals surface area (Å²) in [5, 5.41) is 9.44. The fourth-order valence-electron chi connectivity index (χ4n) is 3.17. The number of allylic oxidation sites excluding steroid dienone is 14. The van der Waals surface area contributed by atoms with Gasteiger partial charge in [0.25, 0.3) is 0 Å². The summed E-state index contributed by atoms with van der Waals surface area (Å²) in [6.07, 6.45) is 37.8. The van der Waals surface area contributed by atoms with Crippen LogP contribution in [0.5, 0.6) is 0 Å². The molecule has 0 aliphatic heterocycles. The second kappa shape index (κ2) is 28.6. The molecule has 0 rings (SSSR count). The number of ether oxygens (including phenoxy) is 2. The molecule has 0 fully saturated rings. The summed E-state index contributed by atoms with van der Waals surface area (Å²) in [7, 11) is 0. The predicted molar refractivity (Wildman–Crippen MR) is 159 cm³/mol. The average Bonchev–Trinajstić information content (AvgIpc) is 2.92. The molecule has 0 saturated heterocycles. The minimum absolute atomic E-state index is 0.113. The summed E-state index contributed by atoms with van der Waals surface area (Å²) in [6.45, 7) is 3.74. The molecule has 0 aliphatic carbocycles. The summed E-state index contributed by atoms with van der Waals surface area (Å²) >= 11 is 0. The van der Waals surface area contributed by atoms with Crippen LogP contribution in [0, 0.1) is 0 Å². The van der Waals surface area contributed by atoms with E-state index in [0.717, 1.165) is 57.8 Å². The van der Waals surface area contributed by atoms with Gasteiger partial charge in [0, 0.05) is 12.8 Å². The number of hydrogen-bond acceptors (Lipinski definition) is 5. The zero-order valence-corrected chi connectivity index (χ0v) is 23.6. The molecule has 38 heavy (non-hydrogen) atoms. The molecule has 0 aromatic heterocycles.